The van der Waals surface area contributed by atoms with E-state index in [1.165, 1.54) is 7.11 Å². The highest BCUT2D eigenvalue weighted by Gasteiger charge is 2.45. The highest BCUT2D eigenvalue weighted by molar-refractivity contribution is 5.89. The van der Waals surface area contributed by atoms with E-state index >= 15 is 0 Å². The molecule has 0 saturated carbocycles. The summed E-state index contributed by atoms with van der Waals surface area (Å²) in [6, 6.07) is 37.7. The third kappa shape index (κ3) is 5.11. The third-order valence-electron chi connectivity index (χ3n) is 7.11. The minimum Gasteiger partial charge on any atom is -0.465 e. The minimum absolute atomic E-state index is 0.213. The summed E-state index contributed by atoms with van der Waals surface area (Å²) < 4.78 is 17.2. The molecular formula is C33H30O5. The number of hydrogen-bond acceptors (Lipinski definition) is 5. The lowest BCUT2D eigenvalue weighted by molar-refractivity contribution is -0.194. The van der Waals surface area contributed by atoms with E-state index in [0.29, 0.717) is 18.4 Å². The molecule has 1 aliphatic heterocycles. The predicted molar refractivity (Wildman–Crippen MR) is 145 cm³/mol. The molecule has 1 aliphatic rings. The van der Waals surface area contributed by atoms with Gasteiger partial charge in [0.2, 0.25) is 0 Å². The Morgan fingerprint density at radius 2 is 1.34 bits per heavy atom. The number of cyclic esters (lactones) is 1. The maximum Gasteiger partial charge on any atom is 0.337 e. The van der Waals surface area contributed by atoms with E-state index in [2.05, 4.69) is 36.4 Å². The van der Waals surface area contributed by atoms with E-state index < -0.39 is 5.60 Å². The van der Waals surface area contributed by atoms with Gasteiger partial charge in [-0.1, -0.05) is 103 Å². The standard InChI is InChI=1S/C33H30O5/c1-36-31(34)25-13-11-12-24(22-25)20-21-30-29(32(35)38-30)23-37-33(26-14-5-2-6-15-26,27-16-7-3-8-17-27)28-18-9-4-10-19-28/h2-19,22,29-30H,20-21,23H2,1H3/t29-,30-/m0/s1. The van der Waals surface area contributed by atoms with Crippen LogP contribution >= 0.6 is 0 Å². The van der Waals surface area contributed by atoms with Gasteiger partial charge in [0.15, 0.2) is 0 Å². The first-order valence-electron chi connectivity index (χ1n) is 12.8. The molecule has 4 aromatic rings. The van der Waals surface area contributed by atoms with E-state index in [1.807, 2.05) is 72.8 Å². The first kappa shape index (κ1) is 25.4. The van der Waals surface area contributed by atoms with Crippen LogP contribution in [0.2, 0.25) is 0 Å². The molecule has 0 aromatic heterocycles. The fourth-order valence-corrected chi connectivity index (χ4v) is 5.10. The maximum atomic E-state index is 12.6. The van der Waals surface area contributed by atoms with Gasteiger partial charge in [0, 0.05) is 0 Å². The first-order valence-corrected chi connectivity index (χ1v) is 12.8. The van der Waals surface area contributed by atoms with Crippen molar-refractivity contribution in [2.24, 2.45) is 5.92 Å². The van der Waals surface area contributed by atoms with Crippen LogP contribution in [-0.4, -0.2) is 31.8 Å². The topological polar surface area (TPSA) is 61.8 Å². The molecule has 5 rings (SSSR count). The van der Waals surface area contributed by atoms with Crippen LogP contribution in [0, 0.1) is 5.92 Å². The Balaban J connectivity index is 1.39. The third-order valence-corrected chi connectivity index (χ3v) is 7.11. The average Bonchev–Trinajstić information content (AvgIpc) is 2.98. The van der Waals surface area contributed by atoms with Crippen LogP contribution in [0.15, 0.2) is 115 Å². The van der Waals surface area contributed by atoms with Gasteiger partial charge in [0.1, 0.15) is 17.6 Å². The van der Waals surface area contributed by atoms with Gasteiger partial charge in [-0.25, -0.2) is 4.79 Å². The van der Waals surface area contributed by atoms with Crippen LogP contribution in [0.25, 0.3) is 0 Å². The minimum atomic E-state index is -0.890. The number of ether oxygens (including phenoxy) is 3. The largest absolute Gasteiger partial charge is 0.465 e. The van der Waals surface area contributed by atoms with Crippen molar-refractivity contribution < 1.29 is 23.8 Å². The van der Waals surface area contributed by atoms with Gasteiger partial charge in [-0.3, -0.25) is 4.79 Å². The fourth-order valence-electron chi connectivity index (χ4n) is 5.10. The van der Waals surface area contributed by atoms with Gasteiger partial charge in [-0.05, 0) is 47.2 Å². The number of carbonyl (C=O) groups is 2. The molecule has 38 heavy (non-hydrogen) atoms. The van der Waals surface area contributed by atoms with Crippen LogP contribution in [0.5, 0.6) is 0 Å². The second-order valence-electron chi connectivity index (χ2n) is 9.40. The molecule has 192 valence electrons. The first-order chi connectivity index (χ1) is 18.6. The molecule has 1 saturated heterocycles. The second kappa shape index (κ2) is 11.4. The Hall–Kier alpha value is -4.22. The molecule has 5 nitrogen and oxygen atoms in total. The molecule has 1 fully saturated rings. The SMILES string of the molecule is COC(=O)c1cccc(CC[C@@H]2OC(=O)[C@H]2COC(c2ccccc2)(c2ccccc2)c2ccccc2)c1. The summed E-state index contributed by atoms with van der Waals surface area (Å²) in [6.45, 7) is 0.213. The Bertz CT molecular complexity index is 1270. The van der Waals surface area contributed by atoms with Crippen molar-refractivity contribution in [2.75, 3.05) is 13.7 Å². The summed E-state index contributed by atoms with van der Waals surface area (Å²) in [4.78, 5) is 24.5. The monoisotopic (exact) mass is 506 g/mol. The highest BCUT2D eigenvalue weighted by atomic mass is 16.6. The summed E-state index contributed by atoms with van der Waals surface area (Å²) >= 11 is 0. The summed E-state index contributed by atoms with van der Waals surface area (Å²) in [5.41, 5.74) is 3.57. The molecule has 0 radical (unpaired) electrons. The number of aryl methyl sites for hydroxylation is 1. The highest BCUT2D eigenvalue weighted by Crippen LogP contribution is 2.42. The normalized spacial score (nSPS) is 16.8. The van der Waals surface area contributed by atoms with E-state index in [4.69, 9.17) is 14.2 Å². The van der Waals surface area contributed by atoms with Crippen LogP contribution in [0.1, 0.15) is 39.0 Å². The lowest BCUT2D eigenvalue weighted by atomic mass is 9.79. The van der Waals surface area contributed by atoms with Gasteiger partial charge in [-0.2, -0.15) is 0 Å². The zero-order valence-corrected chi connectivity index (χ0v) is 21.3. The van der Waals surface area contributed by atoms with Crippen molar-refractivity contribution in [1.29, 1.82) is 0 Å². The van der Waals surface area contributed by atoms with Crippen molar-refractivity contribution in [2.45, 2.75) is 24.5 Å². The Labute approximate surface area is 223 Å². The zero-order valence-electron chi connectivity index (χ0n) is 21.3. The Morgan fingerprint density at radius 3 is 1.84 bits per heavy atom. The zero-order chi connectivity index (χ0) is 26.4. The van der Waals surface area contributed by atoms with Gasteiger partial charge < -0.3 is 14.2 Å². The summed E-state index contributed by atoms with van der Waals surface area (Å²) in [6.07, 6.45) is 1.05. The van der Waals surface area contributed by atoms with E-state index in [1.54, 1.807) is 6.07 Å². The van der Waals surface area contributed by atoms with Crippen LogP contribution in [-0.2, 0) is 31.0 Å². The molecule has 2 atom stereocenters. The maximum absolute atomic E-state index is 12.6. The Morgan fingerprint density at radius 1 is 0.789 bits per heavy atom. The fraction of sp³-hybridized carbons (Fsp3) is 0.212. The molecule has 0 bridgehead atoms. The summed E-state index contributed by atoms with van der Waals surface area (Å²) in [5, 5.41) is 0. The number of benzene rings is 4. The smallest absolute Gasteiger partial charge is 0.337 e. The molecule has 0 N–H and O–H groups in total. The Kier molecular flexibility index (Phi) is 7.66. The van der Waals surface area contributed by atoms with Crippen molar-refractivity contribution >= 4 is 11.9 Å². The van der Waals surface area contributed by atoms with Gasteiger partial charge >= 0.3 is 11.9 Å². The molecule has 0 spiro atoms. The van der Waals surface area contributed by atoms with E-state index in [9.17, 15) is 9.59 Å². The van der Waals surface area contributed by atoms with Crippen molar-refractivity contribution in [3.05, 3.63) is 143 Å². The van der Waals surface area contributed by atoms with E-state index in [0.717, 1.165) is 22.3 Å². The number of methoxy groups -OCH3 is 1. The van der Waals surface area contributed by atoms with Crippen LogP contribution in [0.3, 0.4) is 0 Å². The van der Waals surface area contributed by atoms with Crippen molar-refractivity contribution in [3.63, 3.8) is 0 Å². The van der Waals surface area contributed by atoms with E-state index in [-0.39, 0.29) is 30.6 Å². The van der Waals surface area contributed by atoms with Gasteiger partial charge in [-0.15, -0.1) is 0 Å². The second-order valence-corrected chi connectivity index (χ2v) is 9.40. The van der Waals surface area contributed by atoms with Gasteiger partial charge in [0.25, 0.3) is 0 Å². The lowest BCUT2D eigenvalue weighted by Crippen LogP contribution is -2.49. The molecule has 0 unspecified atom stereocenters. The van der Waals surface area contributed by atoms with Crippen molar-refractivity contribution in [3.8, 4) is 0 Å². The molecule has 0 aliphatic carbocycles. The summed E-state index contributed by atoms with van der Waals surface area (Å²) in [7, 11) is 1.37. The number of carbonyl (C=O) groups excluding carboxylic acids is 2. The quantitative estimate of drug-likeness (QED) is 0.196. The predicted octanol–water partition coefficient (Wildman–Crippen LogP) is 5.96. The molecule has 0 amide bonds. The van der Waals surface area contributed by atoms with Crippen LogP contribution < -0.4 is 0 Å². The summed E-state index contributed by atoms with van der Waals surface area (Å²) in [5.74, 6) is -0.997. The molecule has 1 heterocycles. The molecule has 5 heteroatoms. The number of rotatable bonds is 10. The molecular weight excluding hydrogens is 476 g/mol. The molecule has 4 aromatic carbocycles. The number of esters is 2. The lowest BCUT2D eigenvalue weighted by Gasteiger charge is -2.40. The van der Waals surface area contributed by atoms with Crippen LogP contribution in [0.4, 0.5) is 0 Å². The number of hydrogen-bond donors (Lipinski definition) is 0. The average molecular weight is 507 g/mol. The van der Waals surface area contributed by atoms with Gasteiger partial charge in [0.05, 0.1) is 19.3 Å². The van der Waals surface area contributed by atoms with Crippen molar-refractivity contribution in [1.82, 2.24) is 0 Å².